The quantitative estimate of drug-likeness (QED) is 0.825. The van der Waals surface area contributed by atoms with Crippen LogP contribution in [0.2, 0.25) is 0 Å². The van der Waals surface area contributed by atoms with Crippen molar-refractivity contribution in [2.24, 2.45) is 0 Å². The highest BCUT2D eigenvalue weighted by Crippen LogP contribution is 2.35. The van der Waals surface area contributed by atoms with Crippen molar-refractivity contribution in [2.75, 3.05) is 30.4 Å². The van der Waals surface area contributed by atoms with Gasteiger partial charge < -0.3 is 15.0 Å². The molecule has 2 aromatic rings. The minimum atomic E-state index is 0.381. The van der Waals surface area contributed by atoms with E-state index in [0.717, 1.165) is 42.1 Å². The van der Waals surface area contributed by atoms with Crippen molar-refractivity contribution in [1.29, 1.82) is 0 Å². The number of hydrogen-bond donors (Lipinski definition) is 2. The number of rotatable bonds is 2. The summed E-state index contributed by atoms with van der Waals surface area (Å²) in [5.74, 6) is 1.86. The number of hydrogen-bond acceptors (Lipinski definition) is 5. The lowest BCUT2D eigenvalue weighted by Gasteiger charge is -2.26. The monoisotopic (exact) mass is 245 g/mol. The first-order chi connectivity index (χ1) is 8.85. The van der Waals surface area contributed by atoms with Crippen LogP contribution in [-0.4, -0.2) is 47.5 Å². The van der Waals surface area contributed by atoms with Crippen molar-refractivity contribution in [3.63, 3.8) is 0 Å². The summed E-state index contributed by atoms with van der Waals surface area (Å²) < 4.78 is 5.62. The normalized spacial score (nSPS) is 26.2. The van der Waals surface area contributed by atoms with Gasteiger partial charge >= 0.3 is 0 Å². The third-order valence-electron chi connectivity index (χ3n) is 3.86. The highest BCUT2D eigenvalue weighted by molar-refractivity contribution is 5.91. The molecule has 4 rings (SSSR count). The first-order valence-electron chi connectivity index (χ1n) is 6.25. The first-order valence-corrected chi connectivity index (χ1v) is 6.25. The molecule has 0 spiro atoms. The van der Waals surface area contributed by atoms with Crippen molar-refractivity contribution in [1.82, 2.24) is 15.2 Å². The van der Waals surface area contributed by atoms with Crippen LogP contribution in [0.3, 0.4) is 0 Å². The molecule has 0 saturated carbocycles. The van der Waals surface area contributed by atoms with Crippen LogP contribution in [0.25, 0.3) is 10.9 Å². The van der Waals surface area contributed by atoms with Crippen molar-refractivity contribution in [3.05, 3.63) is 12.3 Å². The first kappa shape index (κ1) is 10.1. The summed E-state index contributed by atoms with van der Waals surface area (Å²) >= 11 is 0. The van der Waals surface area contributed by atoms with Gasteiger partial charge in [-0.25, -0.2) is 4.98 Å². The number of nitrogens with one attached hydrogen (secondary N) is 2. The fourth-order valence-electron chi connectivity index (χ4n) is 2.91. The summed E-state index contributed by atoms with van der Waals surface area (Å²) in [4.78, 5) is 6.70. The smallest absolute Gasteiger partial charge is 0.160 e. The molecule has 2 unspecified atom stereocenters. The summed E-state index contributed by atoms with van der Waals surface area (Å²) in [6.07, 6.45) is 3.38. The van der Waals surface area contributed by atoms with Gasteiger partial charge in [-0.3, -0.25) is 5.10 Å². The average molecular weight is 245 g/mol. The van der Waals surface area contributed by atoms with Gasteiger partial charge in [0.2, 0.25) is 0 Å². The van der Waals surface area contributed by atoms with Gasteiger partial charge in [-0.15, -0.1) is 0 Å². The number of pyridine rings is 1. The van der Waals surface area contributed by atoms with E-state index in [-0.39, 0.29) is 0 Å². The largest absolute Gasteiger partial charge is 0.374 e. The highest BCUT2D eigenvalue weighted by atomic mass is 16.5. The van der Waals surface area contributed by atoms with Crippen LogP contribution in [0.1, 0.15) is 6.42 Å². The molecular weight excluding hydrogens is 230 g/mol. The molecule has 2 aromatic heterocycles. The van der Waals surface area contributed by atoms with E-state index in [0.29, 0.717) is 12.1 Å². The molecule has 94 valence electrons. The van der Waals surface area contributed by atoms with E-state index < -0.39 is 0 Å². The van der Waals surface area contributed by atoms with Crippen LogP contribution in [0.4, 0.5) is 11.6 Å². The molecule has 4 heterocycles. The number of H-pyrrole nitrogens is 1. The fraction of sp³-hybridized carbons (Fsp3) is 0.500. The van der Waals surface area contributed by atoms with Gasteiger partial charge in [0.15, 0.2) is 5.82 Å². The predicted molar refractivity (Wildman–Crippen MR) is 68.9 cm³/mol. The Morgan fingerprint density at radius 2 is 2.50 bits per heavy atom. The molecule has 6 nitrogen and oxygen atoms in total. The van der Waals surface area contributed by atoms with E-state index in [1.807, 2.05) is 19.3 Å². The Bertz CT molecular complexity index is 595. The van der Waals surface area contributed by atoms with Gasteiger partial charge in [-0.2, -0.15) is 5.10 Å². The molecule has 0 aliphatic carbocycles. The molecule has 0 radical (unpaired) electrons. The fourth-order valence-corrected chi connectivity index (χ4v) is 2.91. The molecule has 2 aliphatic rings. The summed E-state index contributed by atoms with van der Waals surface area (Å²) in [6, 6.07) is 2.46. The molecule has 2 aliphatic heterocycles. The maximum absolute atomic E-state index is 5.62. The third kappa shape index (κ3) is 1.32. The van der Waals surface area contributed by atoms with E-state index in [2.05, 4.69) is 25.4 Å². The maximum atomic E-state index is 5.62. The van der Waals surface area contributed by atoms with E-state index in [1.165, 1.54) is 0 Å². The lowest BCUT2D eigenvalue weighted by molar-refractivity contribution is 0.0989. The zero-order valence-corrected chi connectivity index (χ0v) is 10.2. The van der Waals surface area contributed by atoms with Crippen LogP contribution in [0.15, 0.2) is 12.3 Å². The van der Waals surface area contributed by atoms with Crippen molar-refractivity contribution >= 4 is 22.5 Å². The number of aromatic nitrogens is 3. The number of ether oxygens (including phenoxy) is 1. The highest BCUT2D eigenvalue weighted by Gasteiger charge is 2.40. The maximum Gasteiger partial charge on any atom is 0.160 e. The van der Waals surface area contributed by atoms with Crippen LogP contribution < -0.4 is 10.2 Å². The molecule has 2 saturated heterocycles. The zero-order chi connectivity index (χ0) is 12.1. The minimum Gasteiger partial charge on any atom is -0.374 e. The molecule has 0 aromatic carbocycles. The Hall–Kier alpha value is -1.82. The van der Waals surface area contributed by atoms with Crippen molar-refractivity contribution in [2.45, 2.75) is 18.6 Å². The molecule has 2 N–H and O–H groups in total. The SMILES string of the molecule is CNc1cc2[nH]nc(N3CC4CC3CO4)c2cn1. The van der Waals surface area contributed by atoms with Crippen LogP contribution >= 0.6 is 0 Å². The number of morpholine rings is 1. The Balaban J connectivity index is 1.77. The molecule has 2 bridgehead atoms. The van der Waals surface area contributed by atoms with Gasteiger partial charge in [-0.1, -0.05) is 0 Å². The second-order valence-corrected chi connectivity index (χ2v) is 4.91. The molecule has 6 heteroatoms. The predicted octanol–water partition coefficient (Wildman–Crippen LogP) is 0.977. The molecule has 0 amide bonds. The van der Waals surface area contributed by atoms with Gasteiger partial charge in [0.25, 0.3) is 0 Å². The standard InChI is InChI=1S/C12H15N5O/c1-13-11-3-10-9(4-14-11)12(16-15-10)17-5-8-2-7(17)6-18-8/h3-4,7-8H,2,5-6H2,1H3,(H,13,14)(H,15,16). The van der Waals surface area contributed by atoms with E-state index in [1.54, 1.807) is 0 Å². The summed E-state index contributed by atoms with van der Waals surface area (Å²) in [5.41, 5.74) is 1.02. The summed E-state index contributed by atoms with van der Waals surface area (Å²) in [7, 11) is 1.86. The number of aromatic amines is 1. The van der Waals surface area contributed by atoms with E-state index >= 15 is 0 Å². The van der Waals surface area contributed by atoms with E-state index in [4.69, 9.17) is 4.74 Å². The lowest BCUT2D eigenvalue weighted by Crippen LogP contribution is -2.37. The van der Waals surface area contributed by atoms with Crippen LogP contribution in [0.5, 0.6) is 0 Å². The van der Waals surface area contributed by atoms with Crippen molar-refractivity contribution < 1.29 is 4.74 Å². The lowest BCUT2D eigenvalue weighted by atomic mass is 10.2. The Morgan fingerprint density at radius 3 is 3.22 bits per heavy atom. The average Bonchev–Trinajstić information content (AvgIpc) is 3.11. The number of anilines is 2. The van der Waals surface area contributed by atoms with Crippen molar-refractivity contribution in [3.8, 4) is 0 Å². The molecule has 2 atom stereocenters. The van der Waals surface area contributed by atoms with Gasteiger partial charge in [-0.05, 0) is 6.42 Å². The Kier molecular flexibility index (Phi) is 2.02. The summed E-state index contributed by atoms with van der Waals surface area (Å²) in [6.45, 7) is 1.76. The minimum absolute atomic E-state index is 0.381. The topological polar surface area (TPSA) is 66.1 Å². The van der Waals surface area contributed by atoms with E-state index in [9.17, 15) is 0 Å². The molecule has 18 heavy (non-hydrogen) atoms. The summed E-state index contributed by atoms with van der Waals surface area (Å²) in [5, 5.41) is 11.7. The number of nitrogens with zero attached hydrogens (tertiary/aromatic N) is 3. The number of fused-ring (bicyclic) bond motifs is 3. The van der Waals surface area contributed by atoms with Crippen LogP contribution in [0, 0.1) is 0 Å². The molecule has 2 fully saturated rings. The Morgan fingerprint density at radius 1 is 1.56 bits per heavy atom. The van der Waals surface area contributed by atoms with Gasteiger partial charge in [0, 0.05) is 25.9 Å². The van der Waals surface area contributed by atoms with Gasteiger partial charge in [0.05, 0.1) is 29.7 Å². The Labute approximate surface area is 104 Å². The second kappa shape index (κ2) is 3.58. The van der Waals surface area contributed by atoms with Gasteiger partial charge in [0.1, 0.15) is 5.82 Å². The van der Waals surface area contributed by atoms with Crippen LogP contribution in [-0.2, 0) is 4.74 Å². The molecular formula is C12H15N5O. The zero-order valence-electron chi connectivity index (χ0n) is 10.2. The second-order valence-electron chi connectivity index (χ2n) is 4.91. The third-order valence-corrected chi connectivity index (χ3v) is 3.86.